The van der Waals surface area contributed by atoms with E-state index in [-0.39, 0.29) is 0 Å². The minimum Gasteiger partial charge on any atom is -0.309 e. The lowest BCUT2D eigenvalue weighted by atomic mass is 9.84. The molecule has 0 aliphatic heterocycles. The Balaban J connectivity index is 0.947. The van der Waals surface area contributed by atoms with Crippen LogP contribution in [0.1, 0.15) is 23.6 Å². The van der Waals surface area contributed by atoms with Crippen LogP contribution in [0.4, 0.5) is 0 Å². The lowest BCUT2D eigenvalue weighted by molar-refractivity contribution is 0.712. The molecule has 9 aromatic carbocycles. The number of hydrogen-bond donors (Lipinski definition) is 0. The molecule has 59 heavy (non-hydrogen) atoms. The fourth-order valence-electron chi connectivity index (χ4n) is 11.3. The highest BCUT2D eigenvalue weighted by molar-refractivity contribution is 6.19. The van der Waals surface area contributed by atoms with E-state index in [1.165, 1.54) is 133 Å². The van der Waals surface area contributed by atoms with Crippen molar-refractivity contribution in [2.75, 3.05) is 0 Å². The molecular weight excluding hydrogens is 713 g/mol. The van der Waals surface area contributed by atoms with Gasteiger partial charge in [-0.1, -0.05) is 140 Å². The first-order valence-electron chi connectivity index (χ1n) is 20.9. The summed E-state index contributed by atoms with van der Waals surface area (Å²) in [6, 6.07) is 66.1. The number of allylic oxidation sites excluding steroid dienone is 1. The van der Waals surface area contributed by atoms with Crippen molar-refractivity contribution in [1.29, 1.82) is 0 Å². The summed E-state index contributed by atoms with van der Waals surface area (Å²) in [4.78, 5) is 0. The molecule has 2 heterocycles. The normalized spacial score (nSPS) is 14.7. The number of fused-ring (bicyclic) bond motifs is 12. The minimum atomic E-state index is 0.465. The molecule has 0 spiro atoms. The van der Waals surface area contributed by atoms with Gasteiger partial charge >= 0.3 is 0 Å². The van der Waals surface area contributed by atoms with Gasteiger partial charge in [0.25, 0.3) is 0 Å². The average molecular weight is 749 g/mol. The highest BCUT2D eigenvalue weighted by Crippen LogP contribution is 2.52. The molecule has 0 saturated carbocycles. The largest absolute Gasteiger partial charge is 0.309 e. The van der Waals surface area contributed by atoms with Gasteiger partial charge in [0.1, 0.15) is 0 Å². The third-order valence-corrected chi connectivity index (χ3v) is 13.7. The maximum Gasteiger partial charge on any atom is 0.0541 e. The number of hydrogen-bond acceptors (Lipinski definition) is 0. The summed E-state index contributed by atoms with van der Waals surface area (Å²) >= 11 is 0. The van der Waals surface area contributed by atoms with Crippen molar-refractivity contribution in [2.24, 2.45) is 5.92 Å². The topological polar surface area (TPSA) is 9.86 Å². The van der Waals surface area contributed by atoms with Crippen LogP contribution in [0.3, 0.4) is 0 Å². The molecule has 0 radical (unpaired) electrons. The van der Waals surface area contributed by atoms with Gasteiger partial charge in [-0.05, 0) is 133 Å². The molecule has 0 amide bonds. The van der Waals surface area contributed by atoms with Crippen molar-refractivity contribution in [3.05, 3.63) is 199 Å². The van der Waals surface area contributed by atoms with Crippen LogP contribution >= 0.6 is 0 Å². The van der Waals surface area contributed by atoms with E-state index in [1.807, 2.05) is 0 Å². The van der Waals surface area contributed by atoms with Crippen LogP contribution in [0, 0.1) is 5.92 Å². The average Bonchev–Trinajstić information content (AvgIpc) is 4.00. The second-order valence-electron chi connectivity index (χ2n) is 16.9. The van der Waals surface area contributed by atoms with Gasteiger partial charge in [0.15, 0.2) is 0 Å². The first kappa shape index (κ1) is 31.6. The molecule has 3 aliphatic rings. The standard InChI is InChI=1S/C57H36N2/c1-33-29-48-39-14-5-4-13-38(39)44-24-28-55(49(30-33)57(44)48)59-51-20-9-7-16-41(51)47-32-35(22-26-54(47)59)34-21-25-53-46(31-34)40-15-6-8-19-50(40)58(53)52-27-23-43-37-12-3-2-11-36(37)42-17-10-18-45(52)56(42)43/h2-29,31-33H,30H2,1H3. The van der Waals surface area contributed by atoms with Crippen molar-refractivity contribution >= 4 is 60.0 Å². The van der Waals surface area contributed by atoms with Crippen molar-refractivity contribution in [3.63, 3.8) is 0 Å². The monoisotopic (exact) mass is 748 g/mol. The van der Waals surface area contributed by atoms with Crippen molar-refractivity contribution in [3.8, 4) is 55.9 Å². The van der Waals surface area contributed by atoms with E-state index in [4.69, 9.17) is 0 Å². The smallest absolute Gasteiger partial charge is 0.0541 e. The first-order valence-corrected chi connectivity index (χ1v) is 20.9. The number of benzene rings is 9. The van der Waals surface area contributed by atoms with Crippen molar-refractivity contribution in [2.45, 2.75) is 13.3 Å². The molecule has 1 atom stereocenters. The quantitative estimate of drug-likeness (QED) is 0.170. The zero-order chi connectivity index (χ0) is 38.5. The predicted octanol–water partition coefficient (Wildman–Crippen LogP) is 15.0. The Hall–Kier alpha value is -7.42. The lowest BCUT2D eigenvalue weighted by Gasteiger charge is -2.24. The van der Waals surface area contributed by atoms with Gasteiger partial charge in [-0.2, -0.15) is 0 Å². The van der Waals surface area contributed by atoms with E-state index < -0.39 is 0 Å². The number of rotatable bonds is 3. The summed E-state index contributed by atoms with van der Waals surface area (Å²) in [5.74, 6) is 0.465. The third-order valence-electron chi connectivity index (χ3n) is 13.7. The molecule has 0 N–H and O–H groups in total. The SMILES string of the molecule is CC1C=C2c3ccccc3-c3ccc(-n4c5ccccc5c5cc(-c6ccc7c(c6)c6ccccc6n7-c6ccc7c8c(cccc68)-c6ccccc6-7)ccc54)c(c32)C1. The van der Waals surface area contributed by atoms with E-state index in [0.29, 0.717) is 5.92 Å². The second-order valence-corrected chi connectivity index (χ2v) is 16.9. The Morgan fingerprint density at radius 1 is 0.390 bits per heavy atom. The minimum absolute atomic E-state index is 0.465. The Labute approximate surface area is 341 Å². The molecule has 11 aromatic rings. The van der Waals surface area contributed by atoms with Crippen LogP contribution in [-0.2, 0) is 6.42 Å². The summed E-state index contributed by atoms with van der Waals surface area (Å²) < 4.78 is 5.02. The van der Waals surface area contributed by atoms with E-state index in [1.54, 1.807) is 0 Å². The summed E-state index contributed by atoms with van der Waals surface area (Å²) in [7, 11) is 0. The number of nitrogens with zero attached hydrogens (tertiary/aromatic N) is 2. The van der Waals surface area contributed by atoms with Crippen LogP contribution in [0.25, 0.3) is 116 Å². The molecule has 0 fully saturated rings. The highest BCUT2D eigenvalue weighted by Gasteiger charge is 2.32. The van der Waals surface area contributed by atoms with Crippen molar-refractivity contribution < 1.29 is 0 Å². The zero-order valence-electron chi connectivity index (χ0n) is 32.5. The molecule has 2 aromatic heterocycles. The second kappa shape index (κ2) is 11.4. The number of para-hydroxylation sites is 2. The Morgan fingerprint density at radius 2 is 0.881 bits per heavy atom. The zero-order valence-corrected chi connectivity index (χ0v) is 32.5. The van der Waals surface area contributed by atoms with E-state index in [0.717, 1.165) is 6.42 Å². The van der Waals surface area contributed by atoms with Gasteiger partial charge in [0, 0.05) is 26.9 Å². The van der Waals surface area contributed by atoms with Crippen LogP contribution in [0.5, 0.6) is 0 Å². The van der Waals surface area contributed by atoms with Gasteiger partial charge in [0.2, 0.25) is 0 Å². The fraction of sp³-hybridized carbons (Fsp3) is 0.0526. The van der Waals surface area contributed by atoms with Gasteiger partial charge in [0.05, 0.1) is 33.4 Å². The van der Waals surface area contributed by atoms with Crippen LogP contribution in [-0.4, -0.2) is 9.13 Å². The Bertz CT molecular complexity index is 3690. The number of aromatic nitrogens is 2. The molecule has 2 nitrogen and oxygen atoms in total. The molecule has 0 bridgehead atoms. The molecule has 14 rings (SSSR count). The molecule has 2 heteroatoms. The summed E-state index contributed by atoms with van der Waals surface area (Å²) in [6.45, 7) is 2.37. The Morgan fingerprint density at radius 3 is 1.56 bits per heavy atom. The summed E-state index contributed by atoms with van der Waals surface area (Å²) in [5, 5.41) is 7.74. The fourth-order valence-corrected chi connectivity index (χ4v) is 11.3. The molecule has 3 aliphatic carbocycles. The third kappa shape index (κ3) is 4.10. The van der Waals surface area contributed by atoms with Gasteiger partial charge in [-0.25, -0.2) is 0 Å². The first-order chi connectivity index (χ1) is 29.2. The van der Waals surface area contributed by atoms with E-state index in [9.17, 15) is 0 Å². The van der Waals surface area contributed by atoms with Gasteiger partial charge in [-0.3, -0.25) is 0 Å². The predicted molar refractivity (Wildman–Crippen MR) is 248 cm³/mol. The van der Waals surface area contributed by atoms with Crippen LogP contribution in [0.15, 0.2) is 182 Å². The highest BCUT2D eigenvalue weighted by atomic mass is 15.0. The lowest BCUT2D eigenvalue weighted by Crippen LogP contribution is -2.11. The van der Waals surface area contributed by atoms with Crippen LogP contribution < -0.4 is 0 Å². The molecule has 1 unspecified atom stereocenters. The summed E-state index contributed by atoms with van der Waals surface area (Å²) in [5.41, 5.74) is 23.6. The van der Waals surface area contributed by atoms with Crippen molar-refractivity contribution in [1.82, 2.24) is 9.13 Å². The maximum absolute atomic E-state index is 2.54. The van der Waals surface area contributed by atoms with Gasteiger partial charge in [-0.15, -0.1) is 0 Å². The van der Waals surface area contributed by atoms with Gasteiger partial charge < -0.3 is 9.13 Å². The maximum atomic E-state index is 2.54. The molecule has 0 saturated heterocycles. The molecular formula is C57H36N2. The van der Waals surface area contributed by atoms with E-state index in [2.05, 4.69) is 198 Å². The van der Waals surface area contributed by atoms with E-state index >= 15 is 0 Å². The molecule has 274 valence electrons. The van der Waals surface area contributed by atoms with Crippen LogP contribution in [0.2, 0.25) is 0 Å². The Kier molecular flexibility index (Phi) is 6.10. The summed E-state index contributed by atoms with van der Waals surface area (Å²) in [6.07, 6.45) is 3.53.